The van der Waals surface area contributed by atoms with Crippen LogP contribution in [0.1, 0.15) is 53.9 Å². The largest absolute Gasteiger partial charge is 0.462 e. The summed E-state index contributed by atoms with van der Waals surface area (Å²) in [5.74, 6) is -0.0306. The number of hydrogen-bond acceptors (Lipinski definition) is 2. The Balaban J connectivity index is 2.61. The Bertz CT molecular complexity index is 223. The summed E-state index contributed by atoms with van der Waals surface area (Å²) in [6, 6.07) is 0. The highest BCUT2D eigenvalue weighted by Crippen LogP contribution is 2.40. The summed E-state index contributed by atoms with van der Waals surface area (Å²) in [4.78, 5) is 11.0. The minimum Gasteiger partial charge on any atom is -0.462 e. The van der Waals surface area contributed by atoms with Crippen molar-refractivity contribution in [2.45, 2.75) is 60.0 Å². The van der Waals surface area contributed by atoms with Crippen molar-refractivity contribution in [1.29, 1.82) is 0 Å². The van der Waals surface area contributed by atoms with Crippen LogP contribution in [-0.4, -0.2) is 12.1 Å². The predicted octanol–water partition coefficient (Wildman–Crippen LogP) is 3.15. The van der Waals surface area contributed by atoms with Gasteiger partial charge in [-0.05, 0) is 18.3 Å². The van der Waals surface area contributed by atoms with Crippen molar-refractivity contribution in [3.63, 3.8) is 0 Å². The lowest BCUT2D eigenvalue weighted by Crippen LogP contribution is -2.33. The molecule has 0 radical (unpaired) electrons. The Morgan fingerprint density at radius 3 is 2.21 bits per heavy atom. The van der Waals surface area contributed by atoms with Crippen LogP contribution in [0.25, 0.3) is 0 Å². The van der Waals surface area contributed by atoms with E-state index in [1.54, 1.807) is 0 Å². The molecular weight excluding hydrogens is 176 g/mol. The van der Waals surface area contributed by atoms with Gasteiger partial charge >= 0.3 is 5.97 Å². The Morgan fingerprint density at radius 1 is 1.29 bits per heavy atom. The van der Waals surface area contributed by atoms with E-state index in [1.165, 1.54) is 0 Å². The quantitative estimate of drug-likeness (QED) is 0.637. The average Bonchev–Trinajstić information content (AvgIpc) is 2.29. The van der Waals surface area contributed by atoms with E-state index in [-0.39, 0.29) is 17.5 Å². The fourth-order valence-corrected chi connectivity index (χ4v) is 2.56. The molecule has 1 unspecified atom stereocenters. The highest BCUT2D eigenvalue weighted by atomic mass is 16.5. The van der Waals surface area contributed by atoms with Gasteiger partial charge in [0.2, 0.25) is 0 Å². The molecule has 0 aromatic heterocycles. The molecule has 1 heterocycles. The van der Waals surface area contributed by atoms with Crippen molar-refractivity contribution in [1.82, 2.24) is 0 Å². The zero-order valence-electron chi connectivity index (χ0n) is 10.0. The molecule has 0 saturated carbocycles. The first kappa shape index (κ1) is 11.5. The maximum Gasteiger partial charge on any atom is 0.306 e. The van der Waals surface area contributed by atoms with Crippen LogP contribution in [0.2, 0.25) is 0 Å². The number of ether oxygens (including phenoxy) is 1. The summed E-state index contributed by atoms with van der Waals surface area (Å²) in [6.45, 7) is 11.1. The van der Waals surface area contributed by atoms with Gasteiger partial charge in [0.05, 0.1) is 0 Å². The van der Waals surface area contributed by atoms with E-state index in [1.807, 2.05) is 0 Å². The highest BCUT2D eigenvalue weighted by molar-refractivity contribution is 5.71. The minimum atomic E-state index is -0.0306. The fraction of sp³-hybridized carbons (Fsp3) is 0.917. The van der Waals surface area contributed by atoms with Crippen molar-refractivity contribution in [3.8, 4) is 0 Å². The van der Waals surface area contributed by atoms with E-state index < -0.39 is 0 Å². The summed E-state index contributed by atoms with van der Waals surface area (Å²) in [5.41, 5.74) is 0.392. The van der Waals surface area contributed by atoms with E-state index in [9.17, 15) is 4.79 Å². The molecule has 1 rings (SSSR count). The lowest BCUT2D eigenvalue weighted by molar-refractivity contribution is -0.146. The van der Waals surface area contributed by atoms with Gasteiger partial charge in [-0.3, -0.25) is 4.79 Å². The van der Waals surface area contributed by atoms with Crippen molar-refractivity contribution in [2.24, 2.45) is 10.8 Å². The van der Waals surface area contributed by atoms with Crippen molar-refractivity contribution < 1.29 is 9.53 Å². The summed E-state index contributed by atoms with van der Waals surface area (Å²) >= 11 is 0. The fourth-order valence-electron chi connectivity index (χ4n) is 2.56. The van der Waals surface area contributed by atoms with Crippen LogP contribution < -0.4 is 0 Å². The standard InChI is InChI=1S/C12H22O2/c1-11(2,3)8-12(4,5)9-6-7-10(13)14-9/h9H,6-8H2,1-5H3. The molecule has 14 heavy (non-hydrogen) atoms. The molecule has 1 aliphatic heterocycles. The normalized spacial score (nSPS) is 23.8. The molecule has 2 heteroatoms. The molecule has 0 amide bonds. The van der Waals surface area contributed by atoms with Gasteiger partial charge in [-0.15, -0.1) is 0 Å². The number of cyclic esters (lactones) is 1. The van der Waals surface area contributed by atoms with Crippen LogP contribution in [0.3, 0.4) is 0 Å². The average molecular weight is 198 g/mol. The van der Waals surface area contributed by atoms with E-state index >= 15 is 0 Å². The summed E-state index contributed by atoms with van der Waals surface area (Å²) in [5, 5.41) is 0. The monoisotopic (exact) mass is 198 g/mol. The maximum absolute atomic E-state index is 11.0. The molecule has 1 atom stereocenters. The number of esters is 1. The second-order valence-electron chi connectivity index (χ2n) is 6.24. The first-order valence-corrected chi connectivity index (χ1v) is 5.40. The molecule has 0 N–H and O–H groups in total. The van der Waals surface area contributed by atoms with E-state index in [4.69, 9.17) is 4.74 Å². The van der Waals surface area contributed by atoms with E-state index in [2.05, 4.69) is 34.6 Å². The first-order chi connectivity index (χ1) is 6.21. The van der Waals surface area contributed by atoms with Gasteiger partial charge in [-0.2, -0.15) is 0 Å². The molecular formula is C12H22O2. The van der Waals surface area contributed by atoms with Gasteiger partial charge in [-0.1, -0.05) is 34.6 Å². The number of rotatable bonds is 2. The van der Waals surface area contributed by atoms with Gasteiger partial charge in [0, 0.05) is 11.8 Å². The first-order valence-electron chi connectivity index (χ1n) is 5.40. The summed E-state index contributed by atoms with van der Waals surface area (Å²) in [7, 11) is 0. The molecule has 0 aliphatic carbocycles. The number of carbonyl (C=O) groups is 1. The number of carbonyl (C=O) groups excluding carboxylic acids is 1. The van der Waals surface area contributed by atoms with Crippen LogP contribution >= 0.6 is 0 Å². The topological polar surface area (TPSA) is 26.3 Å². The Kier molecular flexibility index (Phi) is 2.93. The SMILES string of the molecule is CC(C)(C)CC(C)(C)C1CCC(=O)O1. The second kappa shape index (κ2) is 3.56. The third-order valence-electron chi connectivity index (χ3n) is 2.74. The van der Waals surface area contributed by atoms with E-state index in [0.717, 1.165) is 12.8 Å². The maximum atomic E-state index is 11.0. The summed E-state index contributed by atoms with van der Waals surface area (Å²) in [6.07, 6.45) is 2.69. The van der Waals surface area contributed by atoms with Gasteiger partial charge in [0.1, 0.15) is 6.10 Å². The van der Waals surface area contributed by atoms with Gasteiger partial charge in [-0.25, -0.2) is 0 Å². The molecule has 1 saturated heterocycles. The van der Waals surface area contributed by atoms with Gasteiger partial charge in [0.15, 0.2) is 0 Å². The lowest BCUT2D eigenvalue weighted by atomic mass is 9.72. The second-order valence-corrected chi connectivity index (χ2v) is 6.24. The molecule has 1 aliphatic rings. The van der Waals surface area contributed by atoms with E-state index in [0.29, 0.717) is 11.8 Å². The lowest BCUT2D eigenvalue weighted by Gasteiger charge is -2.36. The molecule has 0 spiro atoms. The van der Waals surface area contributed by atoms with Crippen molar-refractivity contribution >= 4 is 5.97 Å². The van der Waals surface area contributed by atoms with Gasteiger partial charge < -0.3 is 4.74 Å². The zero-order valence-corrected chi connectivity index (χ0v) is 10.0. The predicted molar refractivity (Wildman–Crippen MR) is 57.0 cm³/mol. The van der Waals surface area contributed by atoms with Crippen LogP contribution in [0.5, 0.6) is 0 Å². The third kappa shape index (κ3) is 3.00. The molecule has 2 nitrogen and oxygen atoms in total. The molecule has 1 fully saturated rings. The highest BCUT2D eigenvalue weighted by Gasteiger charge is 2.39. The van der Waals surface area contributed by atoms with Crippen molar-refractivity contribution in [3.05, 3.63) is 0 Å². The molecule has 0 aromatic carbocycles. The van der Waals surface area contributed by atoms with Crippen LogP contribution in [0.15, 0.2) is 0 Å². The smallest absolute Gasteiger partial charge is 0.306 e. The van der Waals surface area contributed by atoms with Gasteiger partial charge in [0.25, 0.3) is 0 Å². The van der Waals surface area contributed by atoms with Crippen LogP contribution in [0.4, 0.5) is 0 Å². The zero-order chi connectivity index (χ0) is 11.0. The van der Waals surface area contributed by atoms with Crippen LogP contribution in [0, 0.1) is 10.8 Å². The Hall–Kier alpha value is -0.530. The summed E-state index contributed by atoms with van der Waals surface area (Å²) < 4.78 is 5.33. The molecule has 0 aromatic rings. The van der Waals surface area contributed by atoms with Crippen LogP contribution in [-0.2, 0) is 9.53 Å². The van der Waals surface area contributed by atoms with Crippen molar-refractivity contribution in [2.75, 3.05) is 0 Å². The Labute approximate surface area is 87.0 Å². The number of hydrogen-bond donors (Lipinski definition) is 0. The molecule has 0 bridgehead atoms. The Morgan fingerprint density at radius 2 is 1.86 bits per heavy atom. The molecule has 82 valence electrons. The third-order valence-corrected chi connectivity index (χ3v) is 2.74. The minimum absolute atomic E-state index is 0.0306.